The summed E-state index contributed by atoms with van der Waals surface area (Å²) in [5, 5.41) is 0. The van der Waals surface area contributed by atoms with E-state index in [1.54, 1.807) is 11.8 Å². The zero-order valence-corrected chi connectivity index (χ0v) is 11.7. The van der Waals surface area contributed by atoms with Gasteiger partial charge in [0.1, 0.15) is 0 Å². The van der Waals surface area contributed by atoms with E-state index in [2.05, 4.69) is 17.1 Å². The fraction of sp³-hybridized carbons (Fsp3) is 0. The molecule has 2 aromatic rings. The van der Waals surface area contributed by atoms with Crippen LogP contribution < -0.4 is 4.59 Å². The van der Waals surface area contributed by atoms with E-state index in [-0.39, 0.29) is 15.0 Å². The molecule has 0 fully saturated rings. The first kappa shape index (κ1) is 11.8. The molecule has 0 saturated heterocycles. The molecule has 0 aliphatic carbocycles. The van der Waals surface area contributed by atoms with Crippen LogP contribution in [0.4, 0.5) is 0 Å². The van der Waals surface area contributed by atoms with Crippen LogP contribution in [0.25, 0.3) is 0 Å². The van der Waals surface area contributed by atoms with E-state index in [9.17, 15) is 0 Å². The van der Waals surface area contributed by atoms with E-state index in [4.69, 9.17) is 12.2 Å². The maximum atomic E-state index is 5.37. The van der Waals surface area contributed by atoms with Gasteiger partial charge in [0.2, 0.25) is 0 Å². The van der Waals surface area contributed by atoms with Crippen LogP contribution in [0.15, 0.2) is 59.6 Å². The van der Waals surface area contributed by atoms with Crippen LogP contribution in [0, 0.1) is 0 Å². The Morgan fingerprint density at radius 3 is 2.50 bits per heavy atom. The molecule has 4 heteroatoms. The Balaban J connectivity index is 1.95. The van der Waals surface area contributed by atoms with Crippen molar-refractivity contribution in [1.82, 2.24) is 4.98 Å². The van der Waals surface area contributed by atoms with Crippen molar-refractivity contribution in [2.45, 2.75) is 4.90 Å². The van der Waals surface area contributed by atoms with Gasteiger partial charge in [0, 0.05) is 0 Å². The van der Waals surface area contributed by atoms with Gasteiger partial charge in [-0.25, -0.2) is 0 Å². The first-order valence-corrected chi connectivity index (χ1v) is 7.64. The van der Waals surface area contributed by atoms with Crippen molar-refractivity contribution in [3.8, 4) is 0 Å². The molecule has 0 bridgehead atoms. The predicted molar refractivity (Wildman–Crippen MR) is 74.5 cm³/mol. The van der Waals surface area contributed by atoms with Gasteiger partial charge in [-0.3, -0.25) is 0 Å². The molecule has 1 aromatic heterocycles. The minimum atomic E-state index is 0.164. The van der Waals surface area contributed by atoms with Crippen LogP contribution in [0.1, 0.15) is 0 Å². The molecule has 80 valence electrons. The van der Waals surface area contributed by atoms with Gasteiger partial charge in [-0.2, -0.15) is 0 Å². The summed E-state index contributed by atoms with van der Waals surface area (Å²) in [5.41, 5.74) is 0. The molecule has 0 aliphatic rings. The average Bonchev–Trinajstić information content (AvgIpc) is 2.31. The Hall–Kier alpha value is -0.671. The molecule has 0 radical (unpaired) electrons. The monoisotopic (exact) mass is 311 g/mol. The average molecular weight is 310 g/mol. The molecule has 1 aromatic carbocycles. The minimum absolute atomic E-state index is 0.164. The number of benzene rings is 1. The van der Waals surface area contributed by atoms with Crippen molar-refractivity contribution >= 4 is 46.6 Å². The molecule has 2 rings (SSSR count). The van der Waals surface area contributed by atoms with E-state index in [1.165, 1.54) is 4.90 Å². The number of aromatic nitrogens is 1. The molecule has 1 nitrogen and oxygen atoms in total. The van der Waals surface area contributed by atoms with Crippen molar-refractivity contribution in [3.63, 3.8) is 0 Å². The van der Waals surface area contributed by atoms with E-state index < -0.39 is 0 Å². The van der Waals surface area contributed by atoms with Crippen molar-refractivity contribution in [2.24, 2.45) is 0 Å². The number of pyridine rings is 1. The van der Waals surface area contributed by atoms with E-state index >= 15 is 0 Å². The summed E-state index contributed by atoms with van der Waals surface area (Å²) in [4.78, 5) is 5.49. The first-order chi connectivity index (χ1) is 7.84. The van der Waals surface area contributed by atoms with Crippen molar-refractivity contribution in [1.29, 1.82) is 0 Å². The van der Waals surface area contributed by atoms with Gasteiger partial charge in [0.05, 0.1) is 0 Å². The van der Waals surface area contributed by atoms with Gasteiger partial charge in [0.25, 0.3) is 0 Å². The number of hydrogen-bond donors (Lipinski definition) is 0. The van der Waals surface area contributed by atoms with Gasteiger partial charge < -0.3 is 0 Å². The summed E-state index contributed by atoms with van der Waals surface area (Å²) in [6.07, 6.45) is 1.81. The fourth-order valence-electron chi connectivity index (χ4n) is 1.10. The van der Waals surface area contributed by atoms with Gasteiger partial charge in [0.15, 0.2) is 0 Å². The van der Waals surface area contributed by atoms with Crippen LogP contribution in [0.3, 0.4) is 0 Å². The molecule has 1 heterocycles. The summed E-state index contributed by atoms with van der Waals surface area (Å²) in [6.45, 7) is 0. The molecule has 0 N–H and O–H groups in total. The second-order valence-electron chi connectivity index (χ2n) is 2.94. The molecule has 0 aliphatic heterocycles. The topological polar surface area (TPSA) is 12.9 Å². The molecule has 16 heavy (non-hydrogen) atoms. The van der Waals surface area contributed by atoms with E-state index in [0.717, 1.165) is 7.69 Å². The van der Waals surface area contributed by atoms with Crippen LogP contribution in [0.2, 0.25) is 0 Å². The maximum absolute atomic E-state index is 5.37. The SMILES string of the molecule is S=C(Sc1ccccc1)[Se]c1ccccn1. The molecular formula is C12H9NS2Se. The van der Waals surface area contributed by atoms with Crippen LogP contribution in [-0.4, -0.2) is 23.0 Å². The predicted octanol–water partition coefficient (Wildman–Crippen LogP) is 2.49. The summed E-state index contributed by atoms with van der Waals surface area (Å²) in [6, 6.07) is 16.2. The normalized spacial score (nSPS) is 10.0. The second kappa shape index (κ2) is 6.16. The molecular weight excluding hydrogens is 301 g/mol. The summed E-state index contributed by atoms with van der Waals surface area (Å²) in [5.74, 6) is 0. The van der Waals surface area contributed by atoms with Crippen LogP contribution >= 0.6 is 24.0 Å². The Morgan fingerprint density at radius 1 is 1.06 bits per heavy atom. The number of rotatable bonds is 3. The third-order valence-electron chi connectivity index (χ3n) is 1.77. The zero-order chi connectivity index (χ0) is 11.2. The number of thiocarbonyl (C=S) groups is 1. The standard InChI is InChI=1S/C12H9NS2Se/c14-12(15-10-6-2-1-3-7-10)16-11-8-4-5-9-13-11/h1-9H. The quantitative estimate of drug-likeness (QED) is 0.491. The van der Waals surface area contributed by atoms with Crippen molar-refractivity contribution in [2.75, 3.05) is 0 Å². The van der Waals surface area contributed by atoms with Gasteiger partial charge in [-0.05, 0) is 0 Å². The van der Waals surface area contributed by atoms with Crippen LogP contribution in [0.5, 0.6) is 0 Å². The molecule has 0 amide bonds. The zero-order valence-electron chi connectivity index (χ0n) is 8.37. The summed E-state index contributed by atoms with van der Waals surface area (Å²) >= 11 is 7.19. The molecule has 0 saturated carbocycles. The van der Waals surface area contributed by atoms with Crippen LogP contribution in [-0.2, 0) is 0 Å². The van der Waals surface area contributed by atoms with E-state index in [0.29, 0.717) is 0 Å². The van der Waals surface area contributed by atoms with Crippen molar-refractivity contribution < 1.29 is 0 Å². The Morgan fingerprint density at radius 2 is 1.81 bits per heavy atom. The van der Waals surface area contributed by atoms with Gasteiger partial charge >= 0.3 is 111 Å². The van der Waals surface area contributed by atoms with E-state index in [1.807, 2.05) is 42.6 Å². The molecule has 0 atom stereocenters. The Labute approximate surface area is 111 Å². The third-order valence-corrected chi connectivity index (χ3v) is 5.38. The number of thioether (sulfide) groups is 1. The molecule has 0 unspecified atom stereocenters. The van der Waals surface area contributed by atoms with Gasteiger partial charge in [-0.15, -0.1) is 0 Å². The number of nitrogens with zero attached hydrogens (tertiary/aromatic N) is 1. The summed E-state index contributed by atoms with van der Waals surface area (Å²) in [7, 11) is 0. The molecule has 0 spiro atoms. The Kier molecular flexibility index (Phi) is 4.54. The second-order valence-corrected chi connectivity index (χ2v) is 8.01. The first-order valence-electron chi connectivity index (χ1n) is 4.70. The third kappa shape index (κ3) is 3.72. The number of hydrogen-bond acceptors (Lipinski definition) is 3. The summed E-state index contributed by atoms with van der Waals surface area (Å²) < 4.78 is 2.10. The van der Waals surface area contributed by atoms with Crippen molar-refractivity contribution in [3.05, 3.63) is 54.7 Å². The van der Waals surface area contributed by atoms with Gasteiger partial charge in [-0.1, -0.05) is 0 Å². The Bertz CT molecular complexity index is 415. The fourth-order valence-corrected chi connectivity index (χ4v) is 4.57.